The van der Waals surface area contributed by atoms with E-state index in [1.54, 1.807) is 12.1 Å². The molecule has 0 saturated heterocycles. The van der Waals surface area contributed by atoms with E-state index in [1.165, 1.54) is 12.3 Å². The highest BCUT2D eigenvalue weighted by Gasteiger charge is 2.13. The summed E-state index contributed by atoms with van der Waals surface area (Å²) in [6.45, 7) is 0. The van der Waals surface area contributed by atoms with Gasteiger partial charge in [-0.15, -0.1) is 0 Å². The minimum atomic E-state index is -0.588. The number of amides is 1. The van der Waals surface area contributed by atoms with Gasteiger partial charge in [-0.25, -0.2) is 4.98 Å². The molecule has 3 aromatic rings. The molecule has 1 amide bonds. The van der Waals surface area contributed by atoms with Crippen LogP contribution in [0.1, 0.15) is 20.7 Å². The van der Waals surface area contributed by atoms with Crippen molar-refractivity contribution in [1.29, 1.82) is 0 Å². The third kappa shape index (κ3) is 3.50. The van der Waals surface area contributed by atoms with E-state index < -0.39 is 5.24 Å². The molecule has 0 unspecified atom stereocenters. The molecule has 118 valence electrons. The maximum atomic E-state index is 12.6. The first-order valence-electron chi connectivity index (χ1n) is 7.27. The number of aromatic nitrogens is 1. The first kappa shape index (κ1) is 15.9. The molecule has 0 aliphatic carbocycles. The molecule has 0 aliphatic heterocycles. The summed E-state index contributed by atoms with van der Waals surface area (Å²) in [7, 11) is 0. The van der Waals surface area contributed by atoms with Crippen molar-refractivity contribution in [2.45, 2.75) is 0 Å². The molecule has 3 rings (SSSR count). The van der Waals surface area contributed by atoms with E-state index in [4.69, 9.17) is 11.6 Å². The second-order valence-corrected chi connectivity index (χ2v) is 5.41. The zero-order chi connectivity index (χ0) is 16.9. The fourth-order valence-corrected chi connectivity index (χ4v) is 2.43. The number of carbonyl (C=O) groups is 2. The van der Waals surface area contributed by atoms with Gasteiger partial charge in [0.25, 0.3) is 11.1 Å². The van der Waals surface area contributed by atoms with Gasteiger partial charge in [0.1, 0.15) is 5.82 Å². The molecule has 0 saturated carbocycles. The number of halogens is 1. The minimum Gasteiger partial charge on any atom is -0.307 e. The zero-order valence-electron chi connectivity index (χ0n) is 12.6. The Hall–Kier alpha value is -2.98. The molecular formula is C19H13ClN2O2. The minimum absolute atomic E-state index is 0.271. The first-order chi connectivity index (χ1) is 11.6. The second kappa shape index (κ2) is 7.06. The van der Waals surface area contributed by atoms with Crippen LogP contribution in [0.3, 0.4) is 0 Å². The van der Waals surface area contributed by atoms with Gasteiger partial charge in [0.05, 0.1) is 5.56 Å². The summed E-state index contributed by atoms with van der Waals surface area (Å²) in [5, 5.41) is 2.14. The standard InChI is InChI=1S/C19H13ClN2O2/c20-18(23)14-10-11-17(21-12-14)22-19(24)16-9-5-4-8-15(16)13-6-2-1-3-7-13/h1-12H,(H,21,22,24). The van der Waals surface area contributed by atoms with E-state index >= 15 is 0 Å². The van der Waals surface area contributed by atoms with Gasteiger partial charge in [-0.3, -0.25) is 9.59 Å². The van der Waals surface area contributed by atoms with Crippen LogP contribution >= 0.6 is 11.6 Å². The molecule has 0 spiro atoms. The van der Waals surface area contributed by atoms with Crippen LogP contribution in [0.5, 0.6) is 0 Å². The summed E-state index contributed by atoms with van der Waals surface area (Å²) in [5.41, 5.74) is 2.62. The zero-order valence-corrected chi connectivity index (χ0v) is 13.3. The van der Waals surface area contributed by atoms with Gasteiger partial charge in [-0.1, -0.05) is 48.5 Å². The van der Waals surface area contributed by atoms with E-state index in [9.17, 15) is 9.59 Å². The number of carbonyl (C=O) groups excluding carboxylic acids is 2. The lowest BCUT2D eigenvalue weighted by Crippen LogP contribution is -2.14. The second-order valence-electron chi connectivity index (χ2n) is 5.07. The first-order valence-corrected chi connectivity index (χ1v) is 7.64. The molecule has 1 N–H and O–H groups in total. The number of rotatable bonds is 4. The van der Waals surface area contributed by atoms with Crippen LogP contribution in [0.2, 0.25) is 0 Å². The summed E-state index contributed by atoms with van der Waals surface area (Å²) < 4.78 is 0. The number of nitrogens with one attached hydrogen (secondary N) is 1. The molecule has 5 heteroatoms. The van der Waals surface area contributed by atoms with Crippen LogP contribution in [0, 0.1) is 0 Å². The Balaban J connectivity index is 1.87. The summed E-state index contributed by atoms with van der Waals surface area (Å²) >= 11 is 5.38. The number of nitrogens with zero attached hydrogens (tertiary/aromatic N) is 1. The molecule has 0 fully saturated rings. The Morgan fingerprint density at radius 2 is 1.58 bits per heavy atom. The fraction of sp³-hybridized carbons (Fsp3) is 0. The Labute approximate surface area is 144 Å². The average molecular weight is 337 g/mol. The predicted octanol–water partition coefficient (Wildman–Crippen LogP) is 4.38. The van der Waals surface area contributed by atoms with E-state index in [-0.39, 0.29) is 11.5 Å². The van der Waals surface area contributed by atoms with E-state index in [0.717, 1.165) is 11.1 Å². The van der Waals surface area contributed by atoms with Gasteiger partial charge in [-0.05, 0) is 40.9 Å². The molecule has 0 bridgehead atoms. The van der Waals surface area contributed by atoms with Crippen molar-refractivity contribution in [2.24, 2.45) is 0 Å². The van der Waals surface area contributed by atoms with Crippen LogP contribution in [0.15, 0.2) is 72.9 Å². The summed E-state index contributed by atoms with van der Waals surface area (Å²) in [6.07, 6.45) is 1.33. The van der Waals surface area contributed by atoms with Crippen molar-refractivity contribution >= 4 is 28.6 Å². The highest BCUT2D eigenvalue weighted by atomic mass is 35.5. The monoisotopic (exact) mass is 336 g/mol. The lowest BCUT2D eigenvalue weighted by atomic mass is 9.99. The van der Waals surface area contributed by atoms with Crippen molar-refractivity contribution in [3.63, 3.8) is 0 Å². The van der Waals surface area contributed by atoms with Crippen LogP contribution in [0.4, 0.5) is 5.82 Å². The smallest absolute Gasteiger partial charge is 0.257 e. The number of anilines is 1. The normalized spacial score (nSPS) is 10.2. The predicted molar refractivity (Wildman–Crippen MR) is 94.3 cm³/mol. The van der Waals surface area contributed by atoms with E-state index in [0.29, 0.717) is 11.4 Å². The third-order valence-corrected chi connectivity index (χ3v) is 3.71. The average Bonchev–Trinajstić information content (AvgIpc) is 2.63. The van der Waals surface area contributed by atoms with Crippen LogP contribution in [0.25, 0.3) is 11.1 Å². The Kier molecular flexibility index (Phi) is 4.68. The van der Waals surface area contributed by atoms with Crippen molar-refractivity contribution in [3.05, 3.63) is 84.1 Å². The van der Waals surface area contributed by atoms with Crippen LogP contribution in [-0.4, -0.2) is 16.1 Å². The molecule has 2 aromatic carbocycles. The maximum Gasteiger partial charge on any atom is 0.257 e. The molecule has 0 atom stereocenters. The summed E-state index contributed by atoms with van der Waals surface area (Å²) in [5.74, 6) is 0.0800. The number of hydrogen-bond acceptors (Lipinski definition) is 3. The molecule has 1 aromatic heterocycles. The summed E-state index contributed by atoms with van der Waals surface area (Å²) in [4.78, 5) is 27.7. The highest BCUT2D eigenvalue weighted by Crippen LogP contribution is 2.24. The molecular weight excluding hydrogens is 324 g/mol. The van der Waals surface area contributed by atoms with Gasteiger partial charge in [-0.2, -0.15) is 0 Å². The Bertz CT molecular complexity index is 877. The highest BCUT2D eigenvalue weighted by molar-refractivity contribution is 6.67. The SMILES string of the molecule is O=C(Cl)c1ccc(NC(=O)c2ccccc2-c2ccccc2)nc1. The quantitative estimate of drug-likeness (QED) is 0.719. The fourth-order valence-electron chi connectivity index (χ4n) is 2.32. The maximum absolute atomic E-state index is 12.6. The van der Waals surface area contributed by atoms with Gasteiger partial charge in [0.15, 0.2) is 0 Å². The van der Waals surface area contributed by atoms with Gasteiger partial charge >= 0.3 is 0 Å². The number of benzene rings is 2. The third-order valence-electron chi connectivity index (χ3n) is 3.49. The van der Waals surface area contributed by atoms with Crippen LogP contribution < -0.4 is 5.32 Å². The lowest BCUT2D eigenvalue weighted by Gasteiger charge is -2.10. The van der Waals surface area contributed by atoms with Crippen molar-refractivity contribution < 1.29 is 9.59 Å². The Morgan fingerprint density at radius 1 is 0.875 bits per heavy atom. The van der Waals surface area contributed by atoms with E-state index in [2.05, 4.69) is 10.3 Å². The molecule has 4 nitrogen and oxygen atoms in total. The van der Waals surface area contributed by atoms with E-state index in [1.807, 2.05) is 48.5 Å². The summed E-state index contributed by atoms with van der Waals surface area (Å²) in [6, 6.07) is 20.1. The lowest BCUT2D eigenvalue weighted by molar-refractivity contribution is 0.102. The van der Waals surface area contributed by atoms with Crippen molar-refractivity contribution in [3.8, 4) is 11.1 Å². The van der Waals surface area contributed by atoms with Crippen LogP contribution in [-0.2, 0) is 0 Å². The molecule has 0 radical (unpaired) electrons. The Morgan fingerprint density at radius 3 is 2.25 bits per heavy atom. The van der Waals surface area contributed by atoms with Crippen molar-refractivity contribution in [1.82, 2.24) is 4.98 Å². The van der Waals surface area contributed by atoms with Gasteiger partial charge in [0, 0.05) is 11.8 Å². The molecule has 24 heavy (non-hydrogen) atoms. The molecule has 1 heterocycles. The van der Waals surface area contributed by atoms with Crippen molar-refractivity contribution in [2.75, 3.05) is 5.32 Å². The van der Waals surface area contributed by atoms with Gasteiger partial charge < -0.3 is 5.32 Å². The topological polar surface area (TPSA) is 59.1 Å². The van der Waals surface area contributed by atoms with Gasteiger partial charge in [0.2, 0.25) is 0 Å². The number of hydrogen-bond donors (Lipinski definition) is 1. The largest absolute Gasteiger partial charge is 0.307 e. The molecule has 0 aliphatic rings. The number of pyridine rings is 1.